The van der Waals surface area contributed by atoms with Crippen LogP contribution in [-0.4, -0.2) is 40.8 Å². The van der Waals surface area contributed by atoms with Crippen molar-refractivity contribution in [2.75, 3.05) is 5.32 Å². The quantitative estimate of drug-likeness (QED) is 0.358. The van der Waals surface area contributed by atoms with Crippen LogP contribution < -0.4 is 10.6 Å². The number of anilines is 2. The molecule has 0 aliphatic heterocycles. The molecule has 10 nitrogen and oxygen atoms in total. The third kappa shape index (κ3) is 5.24. The third-order valence-electron chi connectivity index (χ3n) is 6.42. The largest absolute Gasteiger partial charge is 0.349 e. The Bertz CT molecular complexity index is 1360. The zero-order valence-electron chi connectivity index (χ0n) is 20.4. The second-order valence-corrected chi connectivity index (χ2v) is 9.30. The van der Waals surface area contributed by atoms with Gasteiger partial charge in [-0.15, -0.1) is 0 Å². The molecule has 0 aromatic carbocycles. The minimum Gasteiger partial charge on any atom is -0.349 e. The van der Waals surface area contributed by atoms with E-state index >= 15 is 0 Å². The molecule has 0 radical (unpaired) electrons. The van der Waals surface area contributed by atoms with Crippen molar-refractivity contribution < 1.29 is 9.18 Å². The number of aromatic amines is 1. The van der Waals surface area contributed by atoms with Crippen LogP contribution in [-0.2, 0) is 4.79 Å². The molecule has 1 amide bonds. The van der Waals surface area contributed by atoms with Gasteiger partial charge in [-0.1, -0.05) is 6.07 Å². The van der Waals surface area contributed by atoms with E-state index in [0.717, 1.165) is 41.8 Å². The molecule has 0 spiro atoms. The lowest BCUT2D eigenvalue weighted by Gasteiger charge is -2.18. The van der Waals surface area contributed by atoms with Crippen LogP contribution in [0.25, 0.3) is 5.82 Å². The van der Waals surface area contributed by atoms with Crippen LogP contribution in [0.2, 0.25) is 0 Å². The van der Waals surface area contributed by atoms with Gasteiger partial charge in [-0.25, -0.2) is 24.0 Å². The fraction of sp³-hybridized carbons (Fsp3) is 0.360. The summed E-state index contributed by atoms with van der Waals surface area (Å²) >= 11 is 0. The lowest BCUT2D eigenvalue weighted by molar-refractivity contribution is -0.125. The number of nitrogens with one attached hydrogen (secondary N) is 3. The van der Waals surface area contributed by atoms with Gasteiger partial charge < -0.3 is 10.6 Å². The number of carbonyl (C=O) groups excluding carboxylic acids is 1. The van der Waals surface area contributed by atoms with Crippen molar-refractivity contribution in [1.29, 1.82) is 0 Å². The van der Waals surface area contributed by atoms with E-state index < -0.39 is 5.82 Å². The molecule has 1 saturated carbocycles. The van der Waals surface area contributed by atoms with Crippen molar-refractivity contribution in [3.05, 3.63) is 71.4 Å². The van der Waals surface area contributed by atoms with Crippen LogP contribution in [0.3, 0.4) is 0 Å². The molecular formula is C25H28FN9O. The number of hydrogen-bond donors (Lipinski definition) is 3. The number of nitrogens with zero attached hydrogens (tertiary/aromatic N) is 6. The first-order chi connectivity index (χ1) is 17.3. The van der Waals surface area contributed by atoms with Crippen molar-refractivity contribution >= 4 is 17.5 Å². The van der Waals surface area contributed by atoms with Crippen LogP contribution in [0.4, 0.5) is 16.0 Å². The summed E-state index contributed by atoms with van der Waals surface area (Å²) in [5.41, 5.74) is 2.69. The zero-order valence-corrected chi connectivity index (χ0v) is 20.4. The number of rotatable bonds is 7. The van der Waals surface area contributed by atoms with Crippen molar-refractivity contribution in [2.24, 2.45) is 5.92 Å². The molecular weight excluding hydrogens is 461 g/mol. The van der Waals surface area contributed by atoms with Gasteiger partial charge in [0, 0.05) is 41.6 Å². The van der Waals surface area contributed by atoms with E-state index in [1.165, 1.54) is 10.9 Å². The SMILES string of the molecule is Cc1cc(Nc2cc(C)[nH]n2)nc(C2CCC(C(=O)N[C@@H](C)c3ccc(-n4cc(F)cn4)nc3)C2)n1. The molecule has 1 fully saturated rings. The molecule has 1 aliphatic carbocycles. The summed E-state index contributed by atoms with van der Waals surface area (Å²) in [4.78, 5) is 26.7. The molecule has 3 N–H and O–H groups in total. The van der Waals surface area contributed by atoms with Crippen molar-refractivity contribution in [2.45, 2.75) is 52.0 Å². The highest BCUT2D eigenvalue weighted by molar-refractivity contribution is 5.79. The van der Waals surface area contributed by atoms with Crippen molar-refractivity contribution in [3.8, 4) is 5.82 Å². The summed E-state index contributed by atoms with van der Waals surface area (Å²) in [5, 5.41) is 17.4. The summed E-state index contributed by atoms with van der Waals surface area (Å²) in [6.45, 7) is 5.80. The highest BCUT2D eigenvalue weighted by Gasteiger charge is 2.33. The van der Waals surface area contributed by atoms with Gasteiger partial charge in [-0.05, 0) is 51.7 Å². The molecule has 1 aliphatic rings. The van der Waals surface area contributed by atoms with E-state index in [1.807, 2.05) is 39.0 Å². The first-order valence-corrected chi connectivity index (χ1v) is 12.0. The summed E-state index contributed by atoms with van der Waals surface area (Å²) in [5.74, 6) is 2.26. The fourth-order valence-corrected chi connectivity index (χ4v) is 4.54. The van der Waals surface area contributed by atoms with Crippen molar-refractivity contribution in [1.82, 2.24) is 40.2 Å². The van der Waals surface area contributed by atoms with E-state index in [9.17, 15) is 9.18 Å². The van der Waals surface area contributed by atoms with Gasteiger partial charge in [0.15, 0.2) is 17.5 Å². The number of hydrogen-bond acceptors (Lipinski definition) is 7. The highest BCUT2D eigenvalue weighted by atomic mass is 19.1. The number of aryl methyl sites for hydroxylation is 2. The van der Waals surface area contributed by atoms with Gasteiger partial charge in [0.25, 0.3) is 0 Å². The Morgan fingerprint density at radius 1 is 1.17 bits per heavy atom. The Labute approximate surface area is 207 Å². The Balaban J connectivity index is 1.20. The topological polar surface area (TPSA) is 126 Å². The molecule has 4 aromatic rings. The summed E-state index contributed by atoms with van der Waals surface area (Å²) in [6, 6.07) is 7.20. The first-order valence-electron chi connectivity index (χ1n) is 12.0. The third-order valence-corrected chi connectivity index (χ3v) is 6.42. The maximum atomic E-state index is 13.2. The second-order valence-electron chi connectivity index (χ2n) is 9.30. The number of carbonyl (C=O) groups is 1. The predicted molar refractivity (Wildman–Crippen MR) is 131 cm³/mol. The van der Waals surface area contributed by atoms with E-state index in [0.29, 0.717) is 23.9 Å². The predicted octanol–water partition coefficient (Wildman–Crippen LogP) is 4.04. The van der Waals surface area contributed by atoms with Crippen LogP contribution in [0.15, 0.2) is 42.9 Å². The molecule has 0 saturated heterocycles. The number of amides is 1. The highest BCUT2D eigenvalue weighted by Crippen LogP contribution is 2.37. The van der Waals surface area contributed by atoms with E-state index in [-0.39, 0.29) is 23.8 Å². The maximum Gasteiger partial charge on any atom is 0.223 e. The molecule has 186 valence electrons. The van der Waals surface area contributed by atoms with Crippen molar-refractivity contribution in [3.63, 3.8) is 0 Å². The summed E-state index contributed by atoms with van der Waals surface area (Å²) < 4.78 is 14.6. The molecule has 36 heavy (non-hydrogen) atoms. The smallest absolute Gasteiger partial charge is 0.223 e. The van der Waals surface area contributed by atoms with Gasteiger partial charge in [-0.3, -0.25) is 9.89 Å². The molecule has 2 unspecified atom stereocenters. The molecule has 4 heterocycles. The minimum absolute atomic E-state index is 0.0150. The van der Waals surface area contributed by atoms with E-state index in [1.54, 1.807) is 12.3 Å². The monoisotopic (exact) mass is 489 g/mol. The number of H-pyrrole nitrogens is 1. The summed E-state index contributed by atoms with van der Waals surface area (Å²) in [7, 11) is 0. The van der Waals surface area contributed by atoms with Gasteiger partial charge >= 0.3 is 0 Å². The fourth-order valence-electron chi connectivity index (χ4n) is 4.54. The normalized spacial score (nSPS) is 18.2. The standard InChI is InChI=1S/C25H28FN9O/c1-14-8-21(31-22-9-15(2)33-34-22)32-24(29-14)17-4-5-18(10-17)25(36)30-16(3)19-6-7-23(27-11-19)35-13-20(26)12-28-35/h6-9,11-13,16-18H,4-5,10H2,1-3H3,(H,30,36)(H2,29,31,32,33,34)/t16-,17?,18?/m0/s1. The Morgan fingerprint density at radius 3 is 2.72 bits per heavy atom. The molecule has 3 atom stereocenters. The van der Waals surface area contributed by atoms with Gasteiger partial charge in [0.2, 0.25) is 5.91 Å². The Hall–Kier alpha value is -4.15. The average Bonchev–Trinajstić information content (AvgIpc) is 3.60. The molecule has 11 heteroatoms. The lowest BCUT2D eigenvalue weighted by atomic mass is 10.0. The maximum absolute atomic E-state index is 13.2. The van der Waals surface area contributed by atoms with Crippen LogP contribution >= 0.6 is 0 Å². The van der Waals surface area contributed by atoms with E-state index in [4.69, 9.17) is 4.98 Å². The second kappa shape index (κ2) is 9.84. The van der Waals surface area contributed by atoms with Gasteiger partial charge in [-0.2, -0.15) is 10.2 Å². The van der Waals surface area contributed by atoms with Gasteiger partial charge in [0.05, 0.1) is 18.4 Å². The number of halogens is 1. The van der Waals surface area contributed by atoms with Crippen LogP contribution in [0.1, 0.15) is 60.9 Å². The van der Waals surface area contributed by atoms with Crippen LogP contribution in [0, 0.1) is 25.6 Å². The zero-order chi connectivity index (χ0) is 25.2. The Morgan fingerprint density at radius 2 is 2.03 bits per heavy atom. The lowest BCUT2D eigenvalue weighted by Crippen LogP contribution is -2.31. The molecule has 4 aromatic heterocycles. The number of pyridine rings is 1. The average molecular weight is 490 g/mol. The molecule has 0 bridgehead atoms. The van der Waals surface area contributed by atoms with E-state index in [2.05, 4.69) is 35.9 Å². The Kier molecular flexibility index (Phi) is 6.45. The summed E-state index contributed by atoms with van der Waals surface area (Å²) in [6.07, 6.45) is 6.40. The van der Waals surface area contributed by atoms with Gasteiger partial charge in [0.1, 0.15) is 11.6 Å². The first kappa shape index (κ1) is 23.6. The molecule has 5 rings (SSSR count). The number of aromatic nitrogens is 7. The minimum atomic E-state index is -0.423. The van der Waals surface area contributed by atoms with Crippen LogP contribution in [0.5, 0.6) is 0 Å².